The lowest BCUT2D eigenvalue weighted by atomic mass is 9.92. The van der Waals surface area contributed by atoms with Crippen LogP contribution in [0.15, 0.2) is 24.4 Å². The zero-order chi connectivity index (χ0) is 18.4. The summed E-state index contributed by atoms with van der Waals surface area (Å²) in [7, 11) is 0. The first-order valence-corrected chi connectivity index (χ1v) is 10.3. The number of aryl methyl sites for hydroxylation is 1. The molecule has 5 rings (SSSR count). The Morgan fingerprint density at radius 3 is 2.67 bits per heavy atom. The summed E-state index contributed by atoms with van der Waals surface area (Å²) < 4.78 is 3.88. The molecular formula is C20H21N5OS. The van der Waals surface area contributed by atoms with E-state index in [9.17, 15) is 4.79 Å². The first-order chi connectivity index (χ1) is 13.2. The second-order valence-corrected chi connectivity index (χ2v) is 8.33. The van der Waals surface area contributed by atoms with Crippen LogP contribution in [0, 0.1) is 6.92 Å². The number of piperidine rings is 1. The molecule has 2 fully saturated rings. The number of carbonyl (C=O) groups is 1. The number of nitrogens with zero attached hydrogens (tertiary/aromatic N) is 5. The zero-order valence-corrected chi connectivity index (χ0v) is 16.1. The number of aromatic nitrogens is 4. The molecule has 1 saturated heterocycles. The Hall–Kier alpha value is -2.41. The molecule has 6 nitrogen and oxygen atoms in total. The Bertz CT molecular complexity index is 1000. The van der Waals surface area contributed by atoms with Gasteiger partial charge < -0.3 is 4.90 Å². The van der Waals surface area contributed by atoms with Crippen molar-refractivity contribution in [2.75, 3.05) is 13.1 Å². The minimum atomic E-state index is 0.0571. The maximum atomic E-state index is 12.6. The molecule has 27 heavy (non-hydrogen) atoms. The third kappa shape index (κ3) is 3.20. The minimum Gasteiger partial charge on any atom is -0.338 e. The highest BCUT2D eigenvalue weighted by Crippen LogP contribution is 2.40. The van der Waals surface area contributed by atoms with E-state index in [2.05, 4.69) is 32.8 Å². The minimum absolute atomic E-state index is 0.0571. The molecule has 0 spiro atoms. The highest BCUT2D eigenvalue weighted by molar-refractivity contribution is 7.07. The van der Waals surface area contributed by atoms with Crippen molar-refractivity contribution in [2.45, 2.75) is 44.4 Å². The van der Waals surface area contributed by atoms with Gasteiger partial charge in [0, 0.05) is 36.3 Å². The van der Waals surface area contributed by atoms with Gasteiger partial charge >= 0.3 is 0 Å². The molecule has 1 aliphatic carbocycles. The molecule has 2 aliphatic rings. The van der Waals surface area contributed by atoms with Crippen molar-refractivity contribution in [1.82, 2.24) is 24.5 Å². The van der Waals surface area contributed by atoms with Gasteiger partial charge in [0.05, 0.1) is 5.69 Å². The molecule has 3 aromatic heterocycles. The topological polar surface area (TPSA) is 71.9 Å². The summed E-state index contributed by atoms with van der Waals surface area (Å²) in [5.41, 5.74) is 4.00. The first-order valence-electron chi connectivity index (χ1n) is 9.54. The van der Waals surface area contributed by atoms with Crippen LogP contribution in [-0.2, 0) is 0 Å². The number of fused-ring (bicyclic) bond motifs is 1. The average Bonchev–Trinajstić information content (AvgIpc) is 3.48. The molecule has 0 bridgehead atoms. The Labute approximate surface area is 161 Å². The maximum Gasteiger partial charge on any atom is 0.267 e. The highest BCUT2D eigenvalue weighted by Gasteiger charge is 2.28. The molecule has 0 N–H and O–H groups in total. The van der Waals surface area contributed by atoms with Crippen LogP contribution in [0.2, 0.25) is 0 Å². The SMILES string of the molecule is Cc1nnsc1C(=O)N1CCC(c2ccc3cc(C4CC4)cnc3n2)CC1. The summed E-state index contributed by atoms with van der Waals surface area (Å²) in [5.74, 6) is 1.14. The molecule has 1 amide bonds. The molecule has 0 aromatic carbocycles. The van der Waals surface area contributed by atoms with Gasteiger partial charge in [-0.25, -0.2) is 9.97 Å². The van der Waals surface area contributed by atoms with E-state index in [0.717, 1.165) is 48.4 Å². The van der Waals surface area contributed by atoms with E-state index < -0.39 is 0 Å². The Kier molecular flexibility index (Phi) is 4.11. The van der Waals surface area contributed by atoms with E-state index in [1.165, 1.54) is 29.9 Å². The molecule has 0 unspecified atom stereocenters. The average molecular weight is 379 g/mol. The standard InChI is InChI=1S/C20H21N5OS/c1-12-18(27-24-23-12)20(26)25-8-6-14(7-9-25)17-5-4-15-10-16(13-2-3-13)11-21-19(15)22-17/h4-5,10-11,13-14H,2-3,6-9H2,1H3. The number of amides is 1. The third-order valence-corrected chi connectivity index (χ3v) is 6.50. The van der Waals surface area contributed by atoms with E-state index in [0.29, 0.717) is 16.7 Å². The molecule has 1 saturated carbocycles. The van der Waals surface area contributed by atoms with Crippen LogP contribution < -0.4 is 0 Å². The lowest BCUT2D eigenvalue weighted by Gasteiger charge is -2.31. The van der Waals surface area contributed by atoms with Crippen LogP contribution in [0.5, 0.6) is 0 Å². The summed E-state index contributed by atoms with van der Waals surface area (Å²) in [6.45, 7) is 3.33. The monoisotopic (exact) mass is 379 g/mol. The van der Waals surface area contributed by atoms with Crippen molar-refractivity contribution in [2.24, 2.45) is 0 Å². The van der Waals surface area contributed by atoms with Gasteiger partial charge in [0.2, 0.25) is 0 Å². The third-order valence-electron chi connectivity index (χ3n) is 5.68. The predicted molar refractivity (Wildman–Crippen MR) is 104 cm³/mol. The molecule has 0 radical (unpaired) electrons. The Balaban J connectivity index is 1.29. The summed E-state index contributed by atoms with van der Waals surface area (Å²) >= 11 is 1.18. The molecule has 138 valence electrons. The van der Waals surface area contributed by atoms with Gasteiger partial charge in [-0.3, -0.25) is 4.79 Å². The van der Waals surface area contributed by atoms with Crippen molar-refractivity contribution >= 4 is 28.5 Å². The van der Waals surface area contributed by atoms with Crippen LogP contribution in [0.3, 0.4) is 0 Å². The fourth-order valence-corrected chi connectivity index (χ4v) is 4.48. The van der Waals surface area contributed by atoms with Gasteiger partial charge in [-0.05, 0) is 73.8 Å². The second-order valence-electron chi connectivity index (χ2n) is 7.58. The number of hydrogen-bond acceptors (Lipinski definition) is 6. The number of carbonyl (C=O) groups excluding carboxylic acids is 1. The predicted octanol–water partition coefficient (Wildman–Crippen LogP) is 3.69. The zero-order valence-electron chi connectivity index (χ0n) is 15.3. The van der Waals surface area contributed by atoms with Crippen LogP contribution >= 0.6 is 11.5 Å². The van der Waals surface area contributed by atoms with Crippen LogP contribution in [0.25, 0.3) is 11.0 Å². The lowest BCUT2D eigenvalue weighted by molar-refractivity contribution is 0.0716. The fourth-order valence-electron chi connectivity index (χ4n) is 3.86. The van der Waals surface area contributed by atoms with Gasteiger partial charge in [-0.1, -0.05) is 4.49 Å². The molecule has 1 aliphatic heterocycles. The van der Waals surface area contributed by atoms with Crippen molar-refractivity contribution < 1.29 is 4.79 Å². The van der Waals surface area contributed by atoms with Gasteiger partial charge in [-0.2, -0.15) is 0 Å². The number of hydrogen-bond donors (Lipinski definition) is 0. The van der Waals surface area contributed by atoms with Crippen molar-refractivity contribution in [3.8, 4) is 0 Å². The largest absolute Gasteiger partial charge is 0.338 e. The van der Waals surface area contributed by atoms with E-state index in [1.807, 2.05) is 18.0 Å². The van der Waals surface area contributed by atoms with Crippen LogP contribution in [0.1, 0.15) is 64.1 Å². The summed E-state index contributed by atoms with van der Waals surface area (Å²) in [4.78, 5) is 24.6. The van der Waals surface area contributed by atoms with Crippen molar-refractivity contribution in [3.63, 3.8) is 0 Å². The van der Waals surface area contributed by atoms with Gasteiger partial charge in [0.25, 0.3) is 5.91 Å². The van der Waals surface area contributed by atoms with Crippen molar-refractivity contribution in [3.05, 3.63) is 46.2 Å². The van der Waals surface area contributed by atoms with Crippen LogP contribution in [0.4, 0.5) is 0 Å². The normalized spacial score (nSPS) is 18.2. The lowest BCUT2D eigenvalue weighted by Crippen LogP contribution is -2.38. The Morgan fingerprint density at radius 1 is 1.15 bits per heavy atom. The molecule has 3 aromatic rings. The number of pyridine rings is 2. The Morgan fingerprint density at radius 2 is 1.96 bits per heavy atom. The van der Waals surface area contributed by atoms with Gasteiger partial charge in [0.15, 0.2) is 5.65 Å². The molecule has 7 heteroatoms. The van der Waals surface area contributed by atoms with Crippen LogP contribution in [-0.4, -0.2) is 43.5 Å². The van der Waals surface area contributed by atoms with Gasteiger partial charge in [0.1, 0.15) is 4.88 Å². The number of rotatable bonds is 3. The summed E-state index contributed by atoms with van der Waals surface area (Å²) in [6, 6.07) is 6.53. The van der Waals surface area contributed by atoms with Crippen molar-refractivity contribution in [1.29, 1.82) is 0 Å². The van der Waals surface area contributed by atoms with Gasteiger partial charge in [-0.15, -0.1) is 5.10 Å². The molecular weight excluding hydrogens is 358 g/mol. The quantitative estimate of drug-likeness (QED) is 0.694. The van der Waals surface area contributed by atoms with E-state index in [-0.39, 0.29) is 5.91 Å². The molecule has 4 heterocycles. The first kappa shape index (κ1) is 16.7. The fraction of sp³-hybridized carbons (Fsp3) is 0.450. The summed E-state index contributed by atoms with van der Waals surface area (Å²) in [6.07, 6.45) is 6.41. The smallest absolute Gasteiger partial charge is 0.267 e. The highest BCUT2D eigenvalue weighted by atomic mass is 32.1. The molecule has 0 atom stereocenters. The summed E-state index contributed by atoms with van der Waals surface area (Å²) in [5, 5.41) is 5.08. The van der Waals surface area contributed by atoms with E-state index in [4.69, 9.17) is 4.98 Å². The maximum absolute atomic E-state index is 12.6. The second kappa shape index (κ2) is 6.64. The van der Waals surface area contributed by atoms with E-state index >= 15 is 0 Å². The van der Waals surface area contributed by atoms with E-state index in [1.54, 1.807) is 0 Å². The number of likely N-dealkylation sites (tertiary alicyclic amines) is 1.